The van der Waals surface area contributed by atoms with E-state index in [0.29, 0.717) is 0 Å². The minimum absolute atomic E-state index is 0.0632. The van der Waals surface area contributed by atoms with Gasteiger partial charge in [-0.05, 0) is 11.6 Å². The second-order valence-corrected chi connectivity index (χ2v) is 6.84. The molecular weight excluding hydrogens is 376 g/mol. The van der Waals surface area contributed by atoms with Crippen LogP contribution in [0.1, 0.15) is 22.3 Å². The zero-order valence-electron chi connectivity index (χ0n) is 15.8. The number of nitro groups is 1. The summed E-state index contributed by atoms with van der Waals surface area (Å²) in [5.74, 6) is -3.25. The molecule has 1 heterocycles. The number of amides is 1. The smallest absolute Gasteiger partial charge is 0.306 e. The molecular formula is C21H20N2O6. The second-order valence-electron chi connectivity index (χ2n) is 6.84. The molecule has 0 saturated carbocycles. The highest BCUT2D eigenvalue weighted by Gasteiger charge is 2.46. The molecule has 8 heteroatoms. The van der Waals surface area contributed by atoms with Gasteiger partial charge in [-0.25, -0.2) is 0 Å². The summed E-state index contributed by atoms with van der Waals surface area (Å²) in [6.07, 6.45) is -0.252. The molecule has 0 bridgehead atoms. The van der Waals surface area contributed by atoms with Crippen LogP contribution in [0.2, 0.25) is 0 Å². The maximum absolute atomic E-state index is 13.2. The largest absolute Gasteiger partial charge is 0.469 e. The van der Waals surface area contributed by atoms with E-state index in [4.69, 9.17) is 0 Å². The third-order valence-electron chi connectivity index (χ3n) is 5.07. The molecule has 1 fully saturated rings. The Balaban J connectivity index is 1.92. The van der Waals surface area contributed by atoms with Crippen molar-refractivity contribution in [2.24, 2.45) is 11.8 Å². The molecule has 2 atom stereocenters. The maximum atomic E-state index is 13.2. The molecule has 3 rings (SSSR count). The summed E-state index contributed by atoms with van der Waals surface area (Å²) in [5, 5.41) is 11.3. The van der Waals surface area contributed by atoms with E-state index in [0.717, 1.165) is 5.56 Å². The lowest BCUT2D eigenvalue weighted by Crippen LogP contribution is -2.28. The number of likely N-dealkylation sites (tertiary alicyclic amines) is 1. The first-order valence-electron chi connectivity index (χ1n) is 9.09. The number of ketones is 1. The predicted molar refractivity (Wildman–Crippen MR) is 103 cm³/mol. The van der Waals surface area contributed by atoms with Gasteiger partial charge in [0.1, 0.15) is 0 Å². The normalized spacial score (nSPS) is 18.5. The lowest BCUT2D eigenvalue weighted by Gasteiger charge is -2.16. The molecule has 2 aromatic rings. The van der Waals surface area contributed by atoms with Gasteiger partial charge >= 0.3 is 5.97 Å². The minimum atomic E-state index is -0.918. The zero-order valence-corrected chi connectivity index (χ0v) is 15.8. The van der Waals surface area contributed by atoms with Gasteiger partial charge in [0.05, 0.1) is 35.9 Å². The summed E-state index contributed by atoms with van der Waals surface area (Å²) in [4.78, 5) is 50.2. The Bertz CT molecular complexity index is 943. The van der Waals surface area contributed by atoms with Gasteiger partial charge < -0.3 is 9.64 Å². The molecule has 2 aromatic carbocycles. The van der Waals surface area contributed by atoms with Crippen molar-refractivity contribution in [2.45, 2.75) is 13.0 Å². The Hall–Kier alpha value is -3.55. The van der Waals surface area contributed by atoms with E-state index in [2.05, 4.69) is 4.74 Å². The Labute approximate surface area is 167 Å². The van der Waals surface area contributed by atoms with Crippen LogP contribution in [0.5, 0.6) is 0 Å². The highest BCUT2D eigenvalue weighted by molar-refractivity contribution is 6.05. The van der Waals surface area contributed by atoms with E-state index in [1.807, 2.05) is 30.3 Å². The highest BCUT2D eigenvalue weighted by atomic mass is 16.6. The van der Waals surface area contributed by atoms with Crippen molar-refractivity contribution in [1.82, 2.24) is 4.90 Å². The predicted octanol–water partition coefficient (Wildman–Crippen LogP) is 2.62. The Kier molecular flexibility index (Phi) is 6.01. The Morgan fingerprint density at radius 1 is 1.14 bits per heavy atom. The van der Waals surface area contributed by atoms with Gasteiger partial charge in [-0.1, -0.05) is 42.5 Å². The number of hydrogen-bond acceptors (Lipinski definition) is 6. The number of nitrogens with zero attached hydrogens (tertiary/aromatic N) is 2. The molecule has 0 radical (unpaired) electrons. The van der Waals surface area contributed by atoms with Crippen LogP contribution in [-0.2, 0) is 20.9 Å². The van der Waals surface area contributed by atoms with Crippen molar-refractivity contribution in [1.29, 1.82) is 0 Å². The monoisotopic (exact) mass is 396 g/mol. The average molecular weight is 396 g/mol. The lowest BCUT2D eigenvalue weighted by atomic mass is 9.85. The number of benzene rings is 2. The van der Waals surface area contributed by atoms with Crippen molar-refractivity contribution in [2.75, 3.05) is 13.7 Å². The molecule has 1 aliphatic rings. The standard InChI is InChI=1S/C21H20N2O6/c1-29-19(24)11-16-17(20(25)15-9-5-6-10-18(15)23(27)28)13-22(21(16)26)12-14-7-3-2-4-8-14/h2-10,16-17H,11-13H2,1H3/t16-,17+/m0/s1. The zero-order chi connectivity index (χ0) is 21.0. The first-order chi connectivity index (χ1) is 13.9. The Morgan fingerprint density at radius 3 is 2.45 bits per heavy atom. The Morgan fingerprint density at radius 2 is 1.79 bits per heavy atom. The SMILES string of the molecule is COC(=O)C[C@@H]1C(=O)N(Cc2ccccc2)C[C@H]1C(=O)c1ccccc1[N+](=O)[O-]. The van der Waals surface area contributed by atoms with Crippen molar-refractivity contribution >= 4 is 23.3 Å². The summed E-state index contributed by atoms with van der Waals surface area (Å²) in [6.45, 7) is 0.373. The van der Waals surface area contributed by atoms with Crippen LogP contribution < -0.4 is 0 Å². The summed E-state index contributed by atoms with van der Waals surface area (Å²) in [7, 11) is 1.21. The molecule has 0 aromatic heterocycles. The molecule has 0 aliphatic carbocycles. The van der Waals surface area contributed by atoms with Crippen LogP contribution in [0.25, 0.3) is 0 Å². The van der Waals surface area contributed by atoms with E-state index in [-0.39, 0.29) is 36.7 Å². The van der Waals surface area contributed by atoms with Gasteiger partial charge in [0.25, 0.3) is 5.69 Å². The fraction of sp³-hybridized carbons (Fsp3) is 0.286. The van der Waals surface area contributed by atoms with Crippen LogP contribution in [0.4, 0.5) is 5.69 Å². The van der Waals surface area contributed by atoms with Crippen molar-refractivity contribution in [3.63, 3.8) is 0 Å². The van der Waals surface area contributed by atoms with Gasteiger partial charge in [-0.3, -0.25) is 24.5 Å². The van der Waals surface area contributed by atoms with Crippen molar-refractivity contribution in [3.05, 3.63) is 75.8 Å². The van der Waals surface area contributed by atoms with Gasteiger partial charge in [-0.15, -0.1) is 0 Å². The van der Waals surface area contributed by atoms with Gasteiger partial charge in [0.2, 0.25) is 5.91 Å². The molecule has 0 N–H and O–H groups in total. The van der Waals surface area contributed by atoms with Crippen LogP contribution >= 0.6 is 0 Å². The summed E-state index contributed by atoms with van der Waals surface area (Å²) < 4.78 is 4.68. The summed E-state index contributed by atoms with van der Waals surface area (Å²) in [6, 6.07) is 14.9. The number of esters is 1. The fourth-order valence-electron chi connectivity index (χ4n) is 3.61. The van der Waals surface area contributed by atoms with Crippen LogP contribution in [-0.4, -0.2) is 41.1 Å². The highest BCUT2D eigenvalue weighted by Crippen LogP contribution is 2.34. The molecule has 29 heavy (non-hydrogen) atoms. The number of methoxy groups -OCH3 is 1. The number of carbonyl (C=O) groups excluding carboxylic acids is 3. The van der Waals surface area contributed by atoms with Crippen LogP contribution in [0, 0.1) is 22.0 Å². The van der Waals surface area contributed by atoms with Crippen molar-refractivity contribution in [3.8, 4) is 0 Å². The van der Waals surface area contributed by atoms with E-state index >= 15 is 0 Å². The number of ether oxygens (including phenoxy) is 1. The van der Waals surface area contributed by atoms with E-state index in [1.165, 1.54) is 36.3 Å². The quantitative estimate of drug-likeness (QED) is 0.308. The van der Waals surface area contributed by atoms with Gasteiger partial charge in [0, 0.05) is 19.2 Å². The first kappa shape index (κ1) is 20.2. The molecule has 1 saturated heterocycles. The summed E-state index contributed by atoms with van der Waals surface area (Å²) in [5.41, 5.74) is 0.506. The summed E-state index contributed by atoms with van der Waals surface area (Å²) >= 11 is 0. The molecule has 8 nitrogen and oxygen atoms in total. The second kappa shape index (κ2) is 8.64. The van der Waals surface area contributed by atoms with Crippen molar-refractivity contribution < 1.29 is 24.0 Å². The number of nitro benzene ring substituents is 1. The number of para-hydroxylation sites is 1. The molecule has 150 valence electrons. The third-order valence-corrected chi connectivity index (χ3v) is 5.07. The number of rotatable bonds is 7. The van der Waals surface area contributed by atoms with E-state index in [9.17, 15) is 24.5 Å². The topological polar surface area (TPSA) is 107 Å². The van der Waals surface area contributed by atoms with E-state index in [1.54, 1.807) is 0 Å². The molecule has 1 aliphatic heterocycles. The average Bonchev–Trinajstić information content (AvgIpc) is 3.03. The number of Topliss-reactive ketones (excluding diaryl/α,β-unsaturated/α-hetero) is 1. The molecule has 0 unspecified atom stereocenters. The fourth-order valence-corrected chi connectivity index (χ4v) is 3.61. The van der Waals surface area contributed by atoms with Gasteiger partial charge in [0.15, 0.2) is 5.78 Å². The third kappa shape index (κ3) is 4.31. The van der Waals surface area contributed by atoms with Crippen LogP contribution in [0.15, 0.2) is 54.6 Å². The first-order valence-corrected chi connectivity index (χ1v) is 9.09. The van der Waals surface area contributed by atoms with Crippen LogP contribution in [0.3, 0.4) is 0 Å². The maximum Gasteiger partial charge on any atom is 0.306 e. The molecule has 0 spiro atoms. The van der Waals surface area contributed by atoms with Gasteiger partial charge in [-0.2, -0.15) is 0 Å². The number of hydrogen-bond donors (Lipinski definition) is 0. The van der Waals surface area contributed by atoms with E-state index < -0.39 is 28.5 Å². The molecule has 1 amide bonds. The minimum Gasteiger partial charge on any atom is -0.469 e. The number of carbonyl (C=O) groups is 3. The lowest BCUT2D eigenvalue weighted by molar-refractivity contribution is -0.385.